The van der Waals surface area contributed by atoms with Crippen LogP contribution in [0.4, 0.5) is 4.39 Å². The van der Waals surface area contributed by atoms with Crippen molar-refractivity contribution in [1.29, 1.82) is 0 Å². The minimum atomic E-state index is -2.06. The molecule has 0 aliphatic carbocycles. The summed E-state index contributed by atoms with van der Waals surface area (Å²) < 4.78 is 16.2. The van der Waals surface area contributed by atoms with Crippen molar-refractivity contribution in [2.24, 2.45) is 0 Å². The van der Waals surface area contributed by atoms with Crippen LogP contribution in [0.15, 0.2) is 72.9 Å². The zero-order valence-electron chi connectivity index (χ0n) is 18.3. The van der Waals surface area contributed by atoms with E-state index in [0.717, 1.165) is 16.8 Å². The summed E-state index contributed by atoms with van der Waals surface area (Å²) in [7, 11) is 0. The summed E-state index contributed by atoms with van der Waals surface area (Å²) in [5.74, 6) is 7.11. The number of hydrogen-bond acceptors (Lipinski definition) is 1. The molecule has 0 atom stereocenters. The van der Waals surface area contributed by atoms with E-state index in [2.05, 4.69) is 78.6 Å². The van der Waals surface area contributed by atoms with Crippen molar-refractivity contribution in [3.05, 3.63) is 84.3 Å². The summed E-state index contributed by atoms with van der Waals surface area (Å²) in [6.45, 7) is 4.43. The molecule has 4 rings (SSSR count). The molecule has 0 spiro atoms. The van der Waals surface area contributed by atoms with Crippen LogP contribution in [-0.4, -0.2) is 18.3 Å². The summed E-state index contributed by atoms with van der Waals surface area (Å²) in [6, 6.07) is 22.5. The van der Waals surface area contributed by atoms with Gasteiger partial charge in [-0.05, 0) is 0 Å². The fourth-order valence-corrected chi connectivity index (χ4v) is 6.34. The number of fused-ring (bicyclic) bond motifs is 1. The molecule has 0 fully saturated rings. The Kier molecular flexibility index (Phi) is 5.54. The molecule has 1 aromatic heterocycles. The van der Waals surface area contributed by atoms with E-state index in [1.54, 1.807) is 12.3 Å². The van der Waals surface area contributed by atoms with Gasteiger partial charge in [-0.1, -0.05) is 6.07 Å². The minimum absolute atomic E-state index is 0.147. The Hall–Kier alpha value is -2.46. The number of rotatable bonds is 4. The Morgan fingerprint density at radius 1 is 0.833 bits per heavy atom. The van der Waals surface area contributed by atoms with Crippen LogP contribution in [0.3, 0.4) is 0 Å². The molecule has 0 aliphatic heterocycles. The zero-order valence-corrected chi connectivity index (χ0v) is 20.4. The topological polar surface area (TPSA) is 12.9 Å². The molecule has 0 unspecified atom stereocenters. The maximum atomic E-state index is 15.0. The quantitative estimate of drug-likeness (QED) is 0.291. The van der Waals surface area contributed by atoms with Gasteiger partial charge in [-0.15, -0.1) is 0 Å². The number of pyridine rings is 1. The first kappa shape index (κ1) is 20.8. The predicted octanol–water partition coefficient (Wildman–Crippen LogP) is 7.38. The summed E-state index contributed by atoms with van der Waals surface area (Å²) in [5, 5.41) is 2.49. The van der Waals surface area contributed by atoms with Crippen molar-refractivity contribution < 1.29 is 4.39 Å². The predicted molar refractivity (Wildman–Crippen MR) is 130 cm³/mol. The molecule has 1 nitrogen and oxygen atoms in total. The van der Waals surface area contributed by atoms with Crippen LogP contribution >= 0.6 is 0 Å². The first-order chi connectivity index (χ1) is 14.2. The van der Waals surface area contributed by atoms with Crippen LogP contribution in [0.25, 0.3) is 33.2 Å². The van der Waals surface area contributed by atoms with Gasteiger partial charge in [-0.3, -0.25) is 0 Å². The molecule has 0 amide bonds. The van der Waals surface area contributed by atoms with Gasteiger partial charge < -0.3 is 0 Å². The first-order valence-corrected chi connectivity index (χ1v) is 17.9. The third kappa shape index (κ3) is 4.06. The molecular formula is C27H28FGeN. The summed E-state index contributed by atoms with van der Waals surface area (Å²) in [4.78, 5) is 4.62. The van der Waals surface area contributed by atoms with Gasteiger partial charge in [0.25, 0.3) is 0 Å². The van der Waals surface area contributed by atoms with E-state index >= 15 is 0 Å². The number of nitrogens with zero attached hydrogens (tertiary/aromatic N) is 1. The molecule has 0 aliphatic rings. The van der Waals surface area contributed by atoms with Crippen LogP contribution in [-0.2, 0) is 0 Å². The molecular weight excluding hydrogens is 430 g/mol. The van der Waals surface area contributed by atoms with Crippen LogP contribution < -0.4 is 4.40 Å². The van der Waals surface area contributed by atoms with Gasteiger partial charge in [0.2, 0.25) is 0 Å². The molecule has 3 heteroatoms. The number of aromatic nitrogens is 1. The number of halogens is 1. The van der Waals surface area contributed by atoms with Crippen molar-refractivity contribution in [3.8, 4) is 22.4 Å². The van der Waals surface area contributed by atoms with Crippen LogP contribution in [0.1, 0.15) is 25.3 Å². The Labute approximate surface area is 181 Å². The van der Waals surface area contributed by atoms with Crippen LogP contribution in [0.2, 0.25) is 17.3 Å². The van der Waals surface area contributed by atoms with Crippen molar-refractivity contribution in [2.45, 2.75) is 37.0 Å². The van der Waals surface area contributed by atoms with E-state index in [0.29, 0.717) is 11.5 Å². The average Bonchev–Trinajstić information content (AvgIpc) is 2.72. The Balaban J connectivity index is 1.82. The molecule has 0 radical (unpaired) electrons. The third-order valence-electron chi connectivity index (χ3n) is 5.72. The second-order valence-corrected chi connectivity index (χ2v) is 20.0. The fourth-order valence-electron chi connectivity index (χ4n) is 3.94. The average molecular weight is 458 g/mol. The van der Waals surface area contributed by atoms with E-state index in [1.165, 1.54) is 20.7 Å². The third-order valence-corrected chi connectivity index (χ3v) is 10.0. The van der Waals surface area contributed by atoms with Crippen molar-refractivity contribution in [2.75, 3.05) is 0 Å². The van der Waals surface area contributed by atoms with Crippen molar-refractivity contribution in [1.82, 2.24) is 4.98 Å². The second kappa shape index (κ2) is 7.99. The van der Waals surface area contributed by atoms with Gasteiger partial charge in [-0.25, -0.2) is 0 Å². The van der Waals surface area contributed by atoms with Crippen molar-refractivity contribution in [3.63, 3.8) is 0 Å². The summed E-state index contributed by atoms with van der Waals surface area (Å²) in [6.07, 6.45) is 1.78. The fraction of sp³-hybridized carbons (Fsp3) is 0.222. The van der Waals surface area contributed by atoms with E-state index in [1.807, 2.05) is 18.2 Å². The monoisotopic (exact) mass is 459 g/mol. The molecule has 0 saturated carbocycles. The van der Waals surface area contributed by atoms with E-state index in [9.17, 15) is 4.39 Å². The molecule has 30 heavy (non-hydrogen) atoms. The summed E-state index contributed by atoms with van der Waals surface area (Å²) in [5.41, 5.74) is 4.75. The molecule has 0 saturated heterocycles. The van der Waals surface area contributed by atoms with Gasteiger partial charge in [-0.2, -0.15) is 0 Å². The van der Waals surface area contributed by atoms with Gasteiger partial charge in [0.1, 0.15) is 0 Å². The van der Waals surface area contributed by atoms with Crippen LogP contribution in [0, 0.1) is 5.82 Å². The van der Waals surface area contributed by atoms with Crippen molar-refractivity contribution >= 4 is 28.4 Å². The number of hydrogen-bond donors (Lipinski definition) is 0. The van der Waals surface area contributed by atoms with E-state index < -0.39 is 13.3 Å². The zero-order chi connectivity index (χ0) is 21.5. The standard InChI is InChI=1S/C27H28FGeN/c1-18(2)25-15-21(14-19-8-6-7-9-23(19)25)27-16-20(12-13-30-27)24-11-10-22(17-26(24)28)29(3,4)5/h6-18H,1-5H3. The molecule has 1 heterocycles. The Morgan fingerprint density at radius 2 is 1.60 bits per heavy atom. The Bertz CT molecular complexity index is 1220. The SMILES string of the molecule is CC(C)c1cc(-c2cc(-c3cc[c]([Ge]([CH3])([CH3])[CH3])cc3F)ccn2)cc2ccccc12. The molecule has 152 valence electrons. The van der Waals surface area contributed by atoms with Gasteiger partial charge >= 0.3 is 175 Å². The maximum absolute atomic E-state index is 15.0. The number of benzene rings is 3. The van der Waals surface area contributed by atoms with Gasteiger partial charge in [0, 0.05) is 0 Å². The molecule has 0 bridgehead atoms. The van der Waals surface area contributed by atoms with Gasteiger partial charge in [0.15, 0.2) is 0 Å². The van der Waals surface area contributed by atoms with E-state index in [-0.39, 0.29) is 5.82 Å². The second-order valence-electron chi connectivity index (χ2n) is 9.32. The molecule has 4 aromatic rings. The van der Waals surface area contributed by atoms with Crippen LogP contribution in [0.5, 0.6) is 0 Å². The normalized spacial score (nSPS) is 12.0. The van der Waals surface area contributed by atoms with Gasteiger partial charge in [0.05, 0.1) is 0 Å². The van der Waals surface area contributed by atoms with E-state index in [4.69, 9.17) is 0 Å². The summed E-state index contributed by atoms with van der Waals surface area (Å²) >= 11 is -2.06. The first-order valence-electron chi connectivity index (χ1n) is 10.5. The molecule has 0 N–H and O–H groups in total. The Morgan fingerprint density at radius 3 is 2.30 bits per heavy atom. The molecule has 3 aromatic carbocycles.